The van der Waals surface area contributed by atoms with Crippen molar-refractivity contribution in [3.05, 3.63) is 12.2 Å². The van der Waals surface area contributed by atoms with Gasteiger partial charge in [0.2, 0.25) is 0 Å². The molecule has 0 aromatic rings. The Morgan fingerprint density at radius 3 is 2.00 bits per heavy atom. The molecule has 4 heteroatoms. The fourth-order valence-electron chi connectivity index (χ4n) is 0.683. The van der Waals surface area contributed by atoms with E-state index in [2.05, 4.69) is 25.0 Å². The Kier molecular flexibility index (Phi) is 11.3. The Labute approximate surface area is 73.8 Å². The lowest BCUT2D eigenvalue weighted by Gasteiger charge is -1.97. The van der Waals surface area contributed by atoms with E-state index in [1.807, 2.05) is 0 Å². The third-order valence-corrected chi connectivity index (χ3v) is 1.10. The number of urea groups is 1. The van der Waals surface area contributed by atoms with Gasteiger partial charge in [-0.1, -0.05) is 25.5 Å². The maximum atomic E-state index is 9.00. The van der Waals surface area contributed by atoms with Crippen LogP contribution in [-0.4, -0.2) is 12.6 Å². The molecular formula is C8H19N3O. The minimum atomic E-state index is -0.833. The van der Waals surface area contributed by atoms with E-state index >= 15 is 0 Å². The molecule has 72 valence electrons. The highest BCUT2D eigenvalue weighted by molar-refractivity contribution is 5.69. The lowest BCUT2D eigenvalue weighted by atomic mass is 10.1. The molecule has 6 N–H and O–H groups in total. The molecule has 0 aliphatic rings. The Hall–Kier alpha value is -1.03. The topological polar surface area (TPSA) is 95.1 Å². The molecule has 0 heterocycles. The van der Waals surface area contributed by atoms with E-state index in [1.165, 1.54) is 12.0 Å². The van der Waals surface area contributed by atoms with Gasteiger partial charge in [0.1, 0.15) is 0 Å². The van der Waals surface area contributed by atoms with Gasteiger partial charge in [-0.25, -0.2) is 4.79 Å². The predicted molar refractivity (Wildman–Crippen MR) is 51.5 cm³/mol. The summed E-state index contributed by atoms with van der Waals surface area (Å²) in [5, 5.41) is 0. The number of nitrogens with two attached hydrogens (primary N) is 3. The van der Waals surface area contributed by atoms with Crippen molar-refractivity contribution in [1.29, 1.82) is 0 Å². The minimum absolute atomic E-state index is 0.749. The number of hydrogen-bond acceptors (Lipinski definition) is 2. The second-order valence-electron chi connectivity index (χ2n) is 2.44. The molecule has 0 aliphatic heterocycles. The first kappa shape index (κ1) is 13.6. The smallest absolute Gasteiger partial charge is 0.309 e. The zero-order chi connectivity index (χ0) is 9.98. The summed E-state index contributed by atoms with van der Waals surface area (Å²) in [5.41, 5.74) is 15.1. The molecule has 0 atom stereocenters. The molecule has 0 bridgehead atoms. The molecule has 0 radical (unpaired) electrons. The average molecular weight is 173 g/mol. The highest BCUT2D eigenvalue weighted by atomic mass is 16.2. The van der Waals surface area contributed by atoms with Crippen LogP contribution in [0.4, 0.5) is 4.79 Å². The third kappa shape index (κ3) is 23.1. The highest BCUT2D eigenvalue weighted by Gasteiger charge is 1.87. The number of hydrogen-bond donors (Lipinski definition) is 3. The van der Waals surface area contributed by atoms with E-state index in [1.54, 1.807) is 0 Å². The van der Waals surface area contributed by atoms with Crippen molar-refractivity contribution < 1.29 is 4.79 Å². The van der Waals surface area contributed by atoms with Gasteiger partial charge in [-0.15, -0.1) is 0 Å². The number of amides is 2. The van der Waals surface area contributed by atoms with Gasteiger partial charge in [0.15, 0.2) is 0 Å². The first-order valence-corrected chi connectivity index (χ1v) is 3.96. The van der Waals surface area contributed by atoms with E-state index in [4.69, 9.17) is 10.5 Å². The molecule has 0 saturated carbocycles. The van der Waals surface area contributed by atoms with Crippen LogP contribution in [0.15, 0.2) is 12.2 Å². The maximum absolute atomic E-state index is 9.00. The predicted octanol–water partition coefficient (Wildman–Crippen LogP) is 0.715. The normalized spacial score (nSPS) is 8.17. The van der Waals surface area contributed by atoms with Crippen molar-refractivity contribution >= 4 is 6.03 Å². The van der Waals surface area contributed by atoms with Crippen LogP contribution in [0.2, 0.25) is 0 Å². The Bertz CT molecular complexity index is 122. The summed E-state index contributed by atoms with van der Waals surface area (Å²) in [5.74, 6) is 0. The zero-order valence-corrected chi connectivity index (χ0v) is 7.68. The zero-order valence-electron chi connectivity index (χ0n) is 7.68. The van der Waals surface area contributed by atoms with Gasteiger partial charge in [0.05, 0.1) is 0 Å². The van der Waals surface area contributed by atoms with Crippen LogP contribution in [0.25, 0.3) is 0 Å². The summed E-state index contributed by atoms with van der Waals surface area (Å²) in [4.78, 5) is 9.00. The van der Waals surface area contributed by atoms with E-state index in [0.717, 1.165) is 19.4 Å². The van der Waals surface area contributed by atoms with Gasteiger partial charge in [-0.3, -0.25) is 0 Å². The molecule has 0 unspecified atom stereocenters. The fourth-order valence-corrected chi connectivity index (χ4v) is 0.683. The summed E-state index contributed by atoms with van der Waals surface area (Å²) in [6, 6.07) is -0.833. The first-order valence-electron chi connectivity index (χ1n) is 3.96. The molecule has 0 saturated heterocycles. The molecule has 0 spiro atoms. The Morgan fingerprint density at radius 1 is 1.33 bits per heavy atom. The molecule has 0 aliphatic carbocycles. The molecule has 4 nitrogen and oxygen atoms in total. The second kappa shape index (κ2) is 9.97. The van der Waals surface area contributed by atoms with Gasteiger partial charge in [0, 0.05) is 0 Å². The summed E-state index contributed by atoms with van der Waals surface area (Å²) in [7, 11) is 0. The quantitative estimate of drug-likeness (QED) is 0.546. The third-order valence-electron chi connectivity index (χ3n) is 1.10. The van der Waals surface area contributed by atoms with Gasteiger partial charge in [-0.05, 0) is 19.4 Å². The van der Waals surface area contributed by atoms with Crippen LogP contribution in [-0.2, 0) is 0 Å². The highest BCUT2D eigenvalue weighted by Crippen LogP contribution is 2.03. The standard InChI is InChI=1S/C7H15N.CH4N2O/c1-3-4-7(2)5-6-8;2-1(3)4/h2-6,8H2,1H3;(H4,2,3,4). The van der Waals surface area contributed by atoms with Gasteiger partial charge < -0.3 is 17.2 Å². The largest absolute Gasteiger partial charge is 0.352 e. The van der Waals surface area contributed by atoms with Crippen LogP contribution < -0.4 is 17.2 Å². The van der Waals surface area contributed by atoms with Crippen molar-refractivity contribution in [3.8, 4) is 0 Å². The van der Waals surface area contributed by atoms with Crippen molar-refractivity contribution in [1.82, 2.24) is 0 Å². The van der Waals surface area contributed by atoms with Crippen LogP contribution in [0, 0.1) is 0 Å². The van der Waals surface area contributed by atoms with E-state index in [-0.39, 0.29) is 0 Å². The average Bonchev–Trinajstić information content (AvgIpc) is 1.87. The van der Waals surface area contributed by atoms with Crippen LogP contribution in [0.3, 0.4) is 0 Å². The van der Waals surface area contributed by atoms with E-state index < -0.39 is 6.03 Å². The van der Waals surface area contributed by atoms with Crippen molar-refractivity contribution in [2.75, 3.05) is 6.54 Å². The van der Waals surface area contributed by atoms with Gasteiger partial charge in [-0.2, -0.15) is 0 Å². The summed E-state index contributed by atoms with van der Waals surface area (Å²) in [6.45, 7) is 6.76. The monoisotopic (exact) mass is 173 g/mol. The van der Waals surface area contributed by atoms with Crippen LogP contribution in [0.1, 0.15) is 26.2 Å². The fraction of sp³-hybridized carbons (Fsp3) is 0.625. The SMILES string of the molecule is C=C(CCC)CCN.NC(N)=O. The van der Waals surface area contributed by atoms with Crippen molar-refractivity contribution in [3.63, 3.8) is 0 Å². The number of carbonyl (C=O) groups is 1. The molecule has 0 aromatic heterocycles. The second-order valence-corrected chi connectivity index (χ2v) is 2.44. The van der Waals surface area contributed by atoms with Gasteiger partial charge in [0.25, 0.3) is 0 Å². The summed E-state index contributed by atoms with van der Waals surface area (Å²) < 4.78 is 0. The van der Waals surface area contributed by atoms with E-state index in [0.29, 0.717) is 0 Å². The Balaban J connectivity index is 0. The first-order chi connectivity index (χ1) is 5.54. The molecular weight excluding hydrogens is 154 g/mol. The molecule has 0 fully saturated rings. The number of rotatable bonds is 4. The maximum Gasteiger partial charge on any atom is 0.309 e. The number of primary amides is 2. The van der Waals surface area contributed by atoms with Crippen LogP contribution in [0.5, 0.6) is 0 Å². The molecule has 0 rings (SSSR count). The van der Waals surface area contributed by atoms with E-state index in [9.17, 15) is 0 Å². The minimum Gasteiger partial charge on any atom is -0.352 e. The number of carbonyl (C=O) groups excluding carboxylic acids is 1. The van der Waals surface area contributed by atoms with Crippen molar-refractivity contribution in [2.45, 2.75) is 26.2 Å². The molecule has 12 heavy (non-hydrogen) atoms. The Morgan fingerprint density at radius 2 is 1.75 bits per heavy atom. The summed E-state index contributed by atoms with van der Waals surface area (Å²) >= 11 is 0. The molecule has 0 aromatic carbocycles. The van der Waals surface area contributed by atoms with Crippen LogP contribution >= 0.6 is 0 Å². The lowest BCUT2D eigenvalue weighted by molar-refractivity contribution is 0.256. The molecule has 2 amide bonds. The lowest BCUT2D eigenvalue weighted by Crippen LogP contribution is -2.18. The summed E-state index contributed by atoms with van der Waals surface area (Å²) in [6.07, 6.45) is 3.32. The van der Waals surface area contributed by atoms with Crippen molar-refractivity contribution in [2.24, 2.45) is 17.2 Å². The van der Waals surface area contributed by atoms with Gasteiger partial charge >= 0.3 is 6.03 Å².